The highest BCUT2D eigenvalue weighted by Crippen LogP contribution is 2.43. The monoisotopic (exact) mass is 664 g/mol. The van der Waals surface area contributed by atoms with Gasteiger partial charge in [-0.3, -0.25) is 39.4 Å². The van der Waals surface area contributed by atoms with Crippen LogP contribution >= 0.6 is 0 Å². The highest BCUT2D eigenvalue weighted by molar-refractivity contribution is 5.70. The van der Waals surface area contributed by atoms with E-state index in [0.717, 1.165) is 43.3 Å². The second-order valence-electron chi connectivity index (χ2n) is 10.2. The Bertz CT molecular complexity index is 1530. The molecule has 3 rings (SSSR count). The summed E-state index contributed by atoms with van der Waals surface area (Å²) in [6.45, 7) is -0.0110. The maximum absolute atomic E-state index is 12.1. The molecule has 1 heterocycles. The molecule has 0 aliphatic carbocycles. The molecule has 2 aromatic rings. The molecule has 19 nitrogen and oxygen atoms in total. The number of nitro groups is 2. The lowest BCUT2D eigenvalue weighted by Gasteiger charge is -2.45. The van der Waals surface area contributed by atoms with Gasteiger partial charge in [0.05, 0.1) is 28.8 Å². The summed E-state index contributed by atoms with van der Waals surface area (Å²) in [6, 6.07) is 7.83. The fraction of sp³-hybridized carbons (Fsp3) is 0.393. The maximum Gasteiger partial charge on any atom is 0.514 e. The first-order valence-electron chi connectivity index (χ1n) is 13.6. The molecule has 2 aromatic carbocycles. The number of esters is 1. The number of hydrogen-bond acceptors (Lipinski definition) is 14. The van der Waals surface area contributed by atoms with Crippen molar-refractivity contribution in [1.29, 1.82) is 0 Å². The van der Waals surface area contributed by atoms with Gasteiger partial charge in [-0.15, -0.1) is 0 Å². The van der Waals surface area contributed by atoms with Gasteiger partial charge < -0.3 is 39.0 Å². The number of benzene rings is 2. The molecule has 0 spiro atoms. The van der Waals surface area contributed by atoms with Crippen LogP contribution in [0.25, 0.3) is 0 Å². The summed E-state index contributed by atoms with van der Waals surface area (Å²) in [5.74, 6) is -9.14. The molecule has 0 aromatic heterocycles. The van der Waals surface area contributed by atoms with E-state index in [9.17, 15) is 59.5 Å². The van der Waals surface area contributed by atoms with Crippen molar-refractivity contribution >= 4 is 41.4 Å². The molecule has 0 saturated carbocycles. The lowest BCUT2D eigenvalue weighted by atomic mass is 9.71. The van der Waals surface area contributed by atoms with E-state index < -0.39 is 114 Å². The van der Waals surface area contributed by atoms with Gasteiger partial charge in [-0.05, 0) is 29.7 Å². The van der Waals surface area contributed by atoms with Crippen LogP contribution in [0.5, 0.6) is 11.5 Å². The molecule has 19 heteroatoms. The van der Waals surface area contributed by atoms with E-state index in [1.54, 1.807) is 0 Å². The Balaban J connectivity index is 1.86. The lowest BCUT2D eigenvalue weighted by Crippen LogP contribution is -2.53. The maximum atomic E-state index is 12.1. The van der Waals surface area contributed by atoms with Crippen LogP contribution in [0.3, 0.4) is 0 Å². The number of carbonyl (C=O) groups is 5. The molecular formula is C28H28N2O17. The van der Waals surface area contributed by atoms with Crippen LogP contribution in [-0.2, 0) is 40.0 Å². The topological polar surface area (TPSA) is 278 Å². The van der Waals surface area contributed by atoms with Crippen molar-refractivity contribution < 1.29 is 72.8 Å². The Morgan fingerprint density at radius 2 is 1.40 bits per heavy atom. The second kappa shape index (κ2) is 15.9. The van der Waals surface area contributed by atoms with Crippen LogP contribution in [0.2, 0.25) is 0 Å². The zero-order valence-corrected chi connectivity index (χ0v) is 24.4. The average molecular weight is 665 g/mol. The number of non-ortho nitro benzene ring substituents is 1. The van der Waals surface area contributed by atoms with E-state index in [1.807, 2.05) is 0 Å². The van der Waals surface area contributed by atoms with Crippen molar-refractivity contribution in [3.63, 3.8) is 0 Å². The minimum atomic E-state index is -1.67. The summed E-state index contributed by atoms with van der Waals surface area (Å²) in [5.41, 5.74) is -0.855. The molecule has 47 heavy (non-hydrogen) atoms. The predicted octanol–water partition coefficient (Wildman–Crippen LogP) is 3.16. The minimum Gasteiger partial charge on any atom is -0.481 e. The quantitative estimate of drug-likeness (QED) is 0.107. The molecule has 1 saturated heterocycles. The fourth-order valence-electron chi connectivity index (χ4n) is 5.01. The highest BCUT2D eigenvalue weighted by Gasteiger charge is 2.49. The van der Waals surface area contributed by atoms with E-state index in [2.05, 4.69) is 0 Å². The molecule has 0 amide bonds. The van der Waals surface area contributed by atoms with E-state index >= 15 is 0 Å². The zero-order chi connectivity index (χ0) is 34.8. The van der Waals surface area contributed by atoms with E-state index in [0.29, 0.717) is 0 Å². The summed E-state index contributed by atoms with van der Waals surface area (Å²) >= 11 is 0. The van der Waals surface area contributed by atoms with Crippen molar-refractivity contribution in [2.75, 3.05) is 6.61 Å². The molecule has 1 aliphatic heterocycles. The van der Waals surface area contributed by atoms with E-state index in [-0.39, 0.29) is 17.0 Å². The lowest BCUT2D eigenvalue weighted by molar-refractivity contribution is -0.387. The number of carboxylic acid groups (broad SMARTS) is 3. The van der Waals surface area contributed by atoms with Crippen molar-refractivity contribution in [1.82, 2.24) is 0 Å². The van der Waals surface area contributed by atoms with Gasteiger partial charge in [0, 0.05) is 43.4 Å². The Hall–Kier alpha value is -5.85. The van der Waals surface area contributed by atoms with Crippen LogP contribution in [-0.4, -0.2) is 74.2 Å². The number of rotatable bonds is 15. The first kappa shape index (κ1) is 35.6. The molecule has 0 radical (unpaired) electrons. The summed E-state index contributed by atoms with van der Waals surface area (Å²) in [5, 5.41) is 51.4. The second-order valence-corrected chi connectivity index (χ2v) is 10.2. The number of nitrogens with zero attached hydrogens (tertiary/aromatic N) is 2. The number of carbonyl (C=O) groups excluding carboxylic acids is 2. The molecule has 3 N–H and O–H groups in total. The van der Waals surface area contributed by atoms with Crippen molar-refractivity contribution in [2.45, 2.75) is 45.2 Å². The third kappa shape index (κ3) is 10.3. The van der Waals surface area contributed by atoms with Gasteiger partial charge in [-0.25, -0.2) is 4.79 Å². The molecule has 5 atom stereocenters. The van der Waals surface area contributed by atoms with Gasteiger partial charge in [-0.2, -0.15) is 0 Å². The highest BCUT2D eigenvalue weighted by atomic mass is 16.7. The Morgan fingerprint density at radius 3 is 1.96 bits per heavy atom. The Labute approximate surface area is 263 Å². The predicted molar refractivity (Wildman–Crippen MR) is 150 cm³/mol. The first-order valence-corrected chi connectivity index (χ1v) is 13.6. The molecular weight excluding hydrogens is 636 g/mol. The number of nitro benzene ring substituents is 2. The van der Waals surface area contributed by atoms with Gasteiger partial charge in [-0.1, -0.05) is 6.07 Å². The number of hydrogen-bond donors (Lipinski definition) is 3. The van der Waals surface area contributed by atoms with Crippen LogP contribution in [0.4, 0.5) is 16.2 Å². The standard InChI is InChI=1S/C28H28N2O17/c1-14(31)43-13-23-19(10-25(34)35)18(9-24(32)33)20(11-26(36)37)27(47-23)46-22-7-2-15(8-21(22)30(41)42)12-44-28(38)45-17-5-3-16(4-6-17)29(39)40/h2-8,18-20,23,27H,9-13H2,1H3,(H,32,33)(H,34,35)(H,36,37)/t18-,19-,20+,23-,27+/m0/s1. The fourth-order valence-corrected chi connectivity index (χ4v) is 5.01. The van der Waals surface area contributed by atoms with Gasteiger partial charge in [0.25, 0.3) is 5.69 Å². The smallest absolute Gasteiger partial charge is 0.481 e. The van der Waals surface area contributed by atoms with Crippen LogP contribution in [0.15, 0.2) is 42.5 Å². The Kier molecular flexibility index (Phi) is 12.1. The summed E-state index contributed by atoms with van der Waals surface area (Å²) < 4.78 is 26.4. The van der Waals surface area contributed by atoms with E-state index in [4.69, 9.17) is 23.7 Å². The number of aliphatic carboxylic acids is 3. The summed E-state index contributed by atoms with van der Waals surface area (Å²) in [4.78, 5) is 80.0. The average Bonchev–Trinajstić information content (AvgIpc) is 2.98. The number of carboxylic acids is 3. The van der Waals surface area contributed by atoms with Crippen LogP contribution < -0.4 is 9.47 Å². The molecule has 1 fully saturated rings. The van der Waals surface area contributed by atoms with Crippen molar-refractivity contribution in [2.24, 2.45) is 17.8 Å². The van der Waals surface area contributed by atoms with E-state index in [1.165, 1.54) is 6.07 Å². The van der Waals surface area contributed by atoms with Crippen molar-refractivity contribution in [3.05, 3.63) is 68.3 Å². The minimum absolute atomic E-state index is 0.0717. The normalized spacial score (nSPS) is 20.3. The molecule has 1 aliphatic rings. The molecule has 0 bridgehead atoms. The third-order valence-corrected chi connectivity index (χ3v) is 6.99. The zero-order valence-electron chi connectivity index (χ0n) is 24.4. The largest absolute Gasteiger partial charge is 0.514 e. The van der Waals surface area contributed by atoms with Gasteiger partial charge in [0.15, 0.2) is 5.75 Å². The SMILES string of the molecule is CC(=O)OC[C@@H]1O[C@@H](Oc2ccc(COC(=O)Oc3ccc([N+](=O)[O-])cc3)cc2[N+](=O)[O-])[C@H](CC(=O)O)[C@@H](CC(=O)O)[C@@H]1CC(=O)O. The molecule has 0 unspecified atom stereocenters. The van der Waals surface area contributed by atoms with Gasteiger partial charge in [0.1, 0.15) is 19.0 Å². The number of ether oxygens (including phenoxy) is 5. The third-order valence-electron chi connectivity index (χ3n) is 6.99. The van der Waals surface area contributed by atoms with Crippen LogP contribution in [0.1, 0.15) is 31.7 Å². The summed E-state index contributed by atoms with van der Waals surface area (Å²) in [7, 11) is 0. The molecule has 252 valence electrons. The van der Waals surface area contributed by atoms with Crippen molar-refractivity contribution in [3.8, 4) is 11.5 Å². The summed E-state index contributed by atoms with van der Waals surface area (Å²) in [6.07, 6.45) is -6.34. The van der Waals surface area contributed by atoms with Gasteiger partial charge in [0.2, 0.25) is 6.29 Å². The van der Waals surface area contributed by atoms with Crippen LogP contribution in [0, 0.1) is 38.0 Å². The first-order chi connectivity index (χ1) is 22.1. The van der Waals surface area contributed by atoms with Gasteiger partial charge >= 0.3 is 35.7 Å². The Morgan fingerprint density at radius 1 is 0.809 bits per heavy atom.